The van der Waals surface area contributed by atoms with Gasteiger partial charge < -0.3 is 4.84 Å². The third kappa shape index (κ3) is 0.609. The van der Waals surface area contributed by atoms with Crippen molar-refractivity contribution in [3.05, 3.63) is 0 Å². The molecule has 3 nitrogen and oxygen atoms in total. The van der Waals surface area contributed by atoms with Gasteiger partial charge in [0, 0.05) is 0 Å². The third-order valence-electron chi connectivity index (χ3n) is 0.410. The highest BCUT2D eigenvalue weighted by atomic mass is 35.5. The summed E-state index contributed by atoms with van der Waals surface area (Å²) >= 11 is 5.28. The van der Waals surface area contributed by atoms with Gasteiger partial charge in [0.25, 0.3) is 0 Å². The molecule has 1 N–H and O–H groups in total. The normalized spacial score (nSPS) is 30.5. The maximum Gasteiger partial charge on any atom is 0.209 e. The lowest BCUT2D eigenvalue weighted by Gasteiger charge is -1.89. The summed E-state index contributed by atoms with van der Waals surface area (Å²) in [5, 5.41) is 0. The smallest absolute Gasteiger partial charge is 0.209 e. The second-order valence-electron chi connectivity index (χ2n) is 0.826. The molecule has 0 aliphatic carbocycles. The molecule has 0 aromatic heterocycles. The van der Waals surface area contributed by atoms with Crippen LogP contribution >= 0.6 is 11.6 Å². The number of aliphatic imine (C=N–C) groups is 1. The van der Waals surface area contributed by atoms with Gasteiger partial charge in [-0.2, -0.15) is 0 Å². The Hall–Kier alpha value is -0.280. The maximum atomic E-state index is 5.28. The van der Waals surface area contributed by atoms with E-state index in [4.69, 9.17) is 11.6 Å². The van der Waals surface area contributed by atoms with E-state index in [0.717, 1.165) is 0 Å². The number of nitrogens with zero attached hydrogens (tertiary/aromatic N) is 1. The molecule has 1 aliphatic heterocycles. The molecule has 1 unspecified atom stereocenters. The van der Waals surface area contributed by atoms with Crippen molar-refractivity contribution in [2.45, 2.75) is 5.62 Å². The van der Waals surface area contributed by atoms with Gasteiger partial charge in [0.05, 0.1) is 0 Å². The lowest BCUT2D eigenvalue weighted by molar-refractivity contribution is 0.213. The molecule has 1 aliphatic rings. The van der Waals surface area contributed by atoms with Gasteiger partial charge in [-0.3, -0.25) is 0 Å². The van der Waals surface area contributed by atoms with Crippen molar-refractivity contribution in [3.63, 3.8) is 0 Å². The highest BCUT2D eigenvalue weighted by molar-refractivity contribution is 6.20. The van der Waals surface area contributed by atoms with E-state index in [0.29, 0.717) is 0 Å². The Kier molecular flexibility index (Phi) is 0.939. The van der Waals surface area contributed by atoms with Crippen molar-refractivity contribution in [3.8, 4) is 0 Å². The zero-order valence-corrected chi connectivity index (χ0v) is 3.64. The van der Waals surface area contributed by atoms with Gasteiger partial charge in [-0.25, -0.2) is 4.99 Å². The predicted octanol–water partition coefficient (Wildman–Crippen LogP) is 0.0719. The second-order valence-corrected chi connectivity index (χ2v) is 1.24. The Bertz CT molecular complexity index is 73.9. The highest BCUT2D eigenvalue weighted by Gasteiger charge is 2.01. The number of nitrogens with one attached hydrogen (secondary N) is 1. The fraction of sp³-hybridized carbons (Fsp3) is 0.500. The van der Waals surface area contributed by atoms with Gasteiger partial charge in [-0.1, -0.05) is 11.6 Å². The number of hydrogen-bond donors (Lipinski definition) is 1. The van der Waals surface area contributed by atoms with Crippen molar-refractivity contribution in [2.24, 2.45) is 4.99 Å². The zero-order valence-electron chi connectivity index (χ0n) is 2.89. The summed E-state index contributed by atoms with van der Waals surface area (Å²) in [4.78, 5) is 7.93. The molecule has 0 radical (unpaired) electrons. The average Bonchev–Trinajstić information content (AvgIpc) is 1.86. The van der Waals surface area contributed by atoms with Crippen LogP contribution < -0.4 is 5.48 Å². The van der Waals surface area contributed by atoms with Crippen LogP contribution in [0.25, 0.3) is 0 Å². The minimum Gasteiger partial charge on any atom is -0.393 e. The largest absolute Gasteiger partial charge is 0.393 e. The van der Waals surface area contributed by atoms with Crippen LogP contribution in [0.2, 0.25) is 0 Å². The van der Waals surface area contributed by atoms with E-state index in [-0.39, 0.29) is 5.62 Å². The van der Waals surface area contributed by atoms with Crippen LogP contribution in [0.1, 0.15) is 0 Å². The van der Waals surface area contributed by atoms with Gasteiger partial charge in [-0.15, -0.1) is 5.48 Å². The van der Waals surface area contributed by atoms with Gasteiger partial charge in [-0.05, 0) is 0 Å². The second kappa shape index (κ2) is 1.45. The fourth-order valence-electron chi connectivity index (χ4n) is 0.201. The van der Waals surface area contributed by atoms with Gasteiger partial charge >= 0.3 is 0 Å². The number of rotatable bonds is 0. The minimum absolute atomic E-state index is 0.384. The van der Waals surface area contributed by atoms with Crippen LogP contribution in [0, 0.1) is 0 Å². The molecule has 6 heavy (non-hydrogen) atoms. The van der Waals surface area contributed by atoms with E-state index in [1.54, 1.807) is 0 Å². The van der Waals surface area contributed by atoms with Gasteiger partial charge in [0.2, 0.25) is 5.62 Å². The van der Waals surface area contributed by atoms with E-state index in [9.17, 15) is 0 Å². The minimum atomic E-state index is -0.384. The van der Waals surface area contributed by atoms with Crippen molar-refractivity contribution in [1.82, 2.24) is 5.48 Å². The zero-order chi connectivity index (χ0) is 4.41. The molecule has 0 aromatic carbocycles. The van der Waals surface area contributed by atoms with Crippen LogP contribution in [-0.2, 0) is 4.84 Å². The van der Waals surface area contributed by atoms with Crippen LogP contribution in [0.15, 0.2) is 4.99 Å². The SMILES string of the molecule is ClC1N=CON1. The van der Waals surface area contributed by atoms with Crippen LogP contribution in [-0.4, -0.2) is 12.0 Å². The lowest BCUT2D eigenvalue weighted by Crippen LogP contribution is -2.12. The molecule has 1 rings (SSSR count). The molecule has 0 amide bonds. The Morgan fingerprint density at radius 1 is 2.00 bits per heavy atom. The molecular formula is C2H3ClN2O. The number of alkyl halides is 1. The summed E-state index contributed by atoms with van der Waals surface area (Å²) in [5.41, 5.74) is 1.98. The average molecular weight is 107 g/mol. The Morgan fingerprint density at radius 2 is 2.83 bits per heavy atom. The van der Waals surface area contributed by atoms with Gasteiger partial charge in [0.15, 0.2) is 6.40 Å². The quantitative estimate of drug-likeness (QED) is 0.350. The maximum absolute atomic E-state index is 5.28. The molecule has 1 heterocycles. The van der Waals surface area contributed by atoms with Crippen molar-refractivity contribution in [1.29, 1.82) is 0 Å². The van der Waals surface area contributed by atoms with Crippen molar-refractivity contribution in [2.75, 3.05) is 0 Å². The first-order chi connectivity index (χ1) is 2.89. The fourth-order valence-corrected chi connectivity index (χ4v) is 0.298. The number of hydroxylamine groups is 1. The molecule has 0 aromatic rings. The van der Waals surface area contributed by atoms with Crippen molar-refractivity contribution < 1.29 is 4.84 Å². The van der Waals surface area contributed by atoms with Crippen molar-refractivity contribution >= 4 is 18.0 Å². The Balaban J connectivity index is 2.38. The van der Waals surface area contributed by atoms with Crippen LogP contribution in [0.4, 0.5) is 0 Å². The molecular weight excluding hydrogens is 103 g/mol. The Morgan fingerprint density at radius 3 is 3.00 bits per heavy atom. The molecule has 4 heteroatoms. The summed E-state index contributed by atoms with van der Waals surface area (Å²) in [6.07, 6.45) is 1.26. The summed E-state index contributed by atoms with van der Waals surface area (Å²) in [5.74, 6) is 0. The Labute approximate surface area is 39.9 Å². The van der Waals surface area contributed by atoms with E-state index < -0.39 is 0 Å². The van der Waals surface area contributed by atoms with Crippen LogP contribution in [0.5, 0.6) is 0 Å². The molecule has 0 bridgehead atoms. The lowest BCUT2D eigenvalue weighted by atomic mass is 11.2. The topological polar surface area (TPSA) is 33.6 Å². The van der Waals surface area contributed by atoms with E-state index in [1.165, 1.54) is 6.40 Å². The molecule has 1 atom stereocenters. The standard InChI is InChI=1S/C2H3ClN2O/c3-2-4-1-6-5-2/h1-2,5H. The van der Waals surface area contributed by atoms with E-state index in [2.05, 4.69) is 15.3 Å². The first-order valence-electron chi connectivity index (χ1n) is 1.46. The molecule has 0 spiro atoms. The molecule has 0 saturated heterocycles. The summed E-state index contributed by atoms with van der Waals surface area (Å²) < 4.78 is 0. The number of hydrogen-bond acceptors (Lipinski definition) is 3. The van der Waals surface area contributed by atoms with E-state index >= 15 is 0 Å². The molecule has 0 saturated carbocycles. The summed E-state index contributed by atoms with van der Waals surface area (Å²) in [6.45, 7) is 0. The van der Waals surface area contributed by atoms with Gasteiger partial charge in [0.1, 0.15) is 0 Å². The van der Waals surface area contributed by atoms with E-state index in [1.807, 2.05) is 0 Å². The summed E-state index contributed by atoms with van der Waals surface area (Å²) in [7, 11) is 0. The predicted molar refractivity (Wildman–Crippen MR) is 22.4 cm³/mol. The first kappa shape index (κ1) is 3.89. The molecule has 34 valence electrons. The highest BCUT2D eigenvalue weighted by Crippen LogP contribution is 1.94. The first-order valence-corrected chi connectivity index (χ1v) is 1.90. The molecule has 0 fully saturated rings. The number of halogens is 1. The van der Waals surface area contributed by atoms with Crippen LogP contribution in [0.3, 0.4) is 0 Å². The monoisotopic (exact) mass is 106 g/mol. The summed E-state index contributed by atoms with van der Waals surface area (Å²) in [6, 6.07) is 0. The third-order valence-corrected chi connectivity index (χ3v) is 0.612.